The number of aldehydes is 1. The zero-order chi connectivity index (χ0) is 10.7. The molecule has 0 saturated heterocycles. The molecular formula is C9H6ClFO3. The third-order valence-electron chi connectivity index (χ3n) is 1.62. The monoisotopic (exact) mass is 216 g/mol. The van der Waals surface area contributed by atoms with Crippen molar-refractivity contribution < 1.29 is 18.7 Å². The summed E-state index contributed by atoms with van der Waals surface area (Å²) >= 11 is 5.19. The van der Waals surface area contributed by atoms with E-state index in [0.717, 1.165) is 6.07 Å². The molecule has 0 aliphatic rings. The predicted octanol–water partition coefficient (Wildman–Crippen LogP) is 2.03. The van der Waals surface area contributed by atoms with Gasteiger partial charge in [0.05, 0.1) is 12.7 Å². The van der Waals surface area contributed by atoms with Crippen molar-refractivity contribution in [1.29, 1.82) is 0 Å². The molecule has 0 fully saturated rings. The summed E-state index contributed by atoms with van der Waals surface area (Å²) in [5.41, 5.74) is -0.122. The lowest BCUT2D eigenvalue weighted by atomic mass is 10.1. The van der Waals surface area contributed by atoms with Crippen molar-refractivity contribution in [2.24, 2.45) is 0 Å². The molecule has 0 aliphatic heterocycles. The summed E-state index contributed by atoms with van der Waals surface area (Å²) in [6.07, 6.45) is 0.422. The van der Waals surface area contributed by atoms with Gasteiger partial charge in [0, 0.05) is 5.56 Å². The number of carbonyl (C=O) groups excluding carboxylic acids is 2. The van der Waals surface area contributed by atoms with Crippen LogP contribution in [-0.2, 0) is 0 Å². The van der Waals surface area contributed by atoms with Gasteiger partial charge in [-0.15, -0.1) is 0 Å². The SMILES string of the molecule is COc1c(F)cc(C=O)cc1C(=O)Cl. The van der Waals surface area contributed by atoms with Crippen LogP contribution in [0.1, 0.15) is 20.7 Å². The average molecular weight is 217 g/mol. The Kier molecular flexibility index (Phi) is 3.19. The largest absolute Gasteiger partial charge is 0.493 e. The predicted molar refractivity (Wildman–Crippen MR) is 48.5 cm³/mol. The highest BCUT2D eigenvalue weighted by atomic mass is 35.5. The molecule has 0 spiro atoms. The number of methoxy groups -OCH3 is 1. The summed E-state index contributed by atoms with van der Waals surface area (Å²) in [4.78, 5) is 21.2. The first-order valence-corrected chi connectivity index (χ1v) is 4.00. The molecule has 0 unspecified atom stereocenters. The van der Waals surface area contributed by atoms with E-state index < -0.39 is 11.1 Å². The second-order valence-electron chi connectivity index (χ2n) is 2.48. The number of rotatable bonds is 3. The molecule has 0 aliphatic carbocycles. The first-order chi connectivity index (χ1) is 6.60. The Morgan fingerprint density at radius 1 is 1.57 bits per heavy atom. The molecule has 0 radical (unpaired) electrons. The molecule has 1 aromatic rings. The van der Waals surface area contributed by atoms with Gasteiger partial charge in [0.25, 0.3) is 5.24 Å². The smallest absolute Gasteiger partial charge is 0.256 e. The van der Waals surface area contributed by atoms with Gasteiger partial charge >= 0.3 is 0 Å². The Bertz CT molecular complexity index is 390. The number of hydrogen-bond donors (Lipinski definition) is 0. The van der Waals surface area contributed by atoms with Crippen LogP contribution in [0.5, 0.6) is 5.75 Å². The van der Waals surface area contributed by atoms with Crippen LogP contribution in [0.4, 0.5) is 4.39 Å². The van der Waals surface area contributed by atoms with Gasteiger partial charge < -0.3 is 4.74 Å². The fourth-order valence-corrected chi connectivity index (χ4v) is 1.18. The Morgan fingerprint density at radius 2 is 2.21 bits per heavy atom. The molecule has 0 atom stereocenters. The van der Waals surface area contributed by atoms with Crippen molar-refractivity contribution >= 4 is 23.1 Å². The van der Waals surface area contributed by atoms with Crippen LogP contribution in [0, 0.1) is 5.82 Å². The minimum Gasteiger partial charge on any atom is -0.493 e. The van der Waals surface area contributed by atoms with E-state index in [1.54, 1.807) is 0 Å². The van der Waals surface area contributed by atoms with E-state index >= 15 is 0 Å². The molecule has 0 saturated carbocycles. The molecule has 0 aromatic heterocycles. The van der Waals surface area contributed by atoms with E-state index in [2.05, 4.69) is 4.74 Å². The van der Waals surface area contributed by atoms with E-state index in [9.17, 15) is 14.0 Å². The molecule has 0 amide bonds. The molecule has 0 N–H and O–H groups in total. The second kappa shape index (κ2) is 4.19. The summed E-state index contributed by atoms with van der Waals surface area (Å²) in [5.74, 6) is -1.04. The Hall–Kier alpha value is -1.42. The molecule has 74 valence electrons. The molecule has 3 nitrogen and oxygen atoms in total. The normalized spacial score (nSPS) is 9.64. The lowest BCUT2D eigenvalue weighted by molar-refractivity contribution is 0.107. The van der Waals surface area contributed by atoms with Crippen LogP contribution in [0.2, 0.25) is 0 Å². The molecule has 0 bridgehead atoms. The van der Waals surface area contributed by atoms with Crippen molar-refractivity contribution in [3.63, 3.8) is 0 Å². The van der Waals surface area contributed by atoms with Gasteiger partial charge in [-0.25, -0.2) is 4.39 Å². The van der Waals surface area contributed by atoms with Crippen molar-refractivity contribution in [2.45, 2.75) is 0 Å². The number of hydrogen-bond acceptors (Lipinski definition) is 3. The van der Waals surface area contributed by atoms with Gasteiger partial charge in [0.1, 0.15) is 6.29 Å². The highest BCUT2D eigenvalue weighted by Gasteiger charge is 2.15. The summed E-state index contributed by atoms with van der Waals surface area (Å²) < 4.78 is 17.8. The van der Waals surface area contributed by atoms with Crippen molar-refractivity contribution in [3.05, 3.63) is 29.1 Å². The third-order valence-corrected chi connectivity index (χ3v) is 1.82. The second-order valence-corrected chi connectivity index (χ2v) is 2.82. The van der Waals surface area contributed by atoms with Gasteiger partial charge in [-0.2, -0.15) is 0 Å². The van der Waals surface area contributed by atoms with Crippen LogP contribution in [0.25, 0.3) is 0 Å². The minimum atomic E-state index is -0.871. The number of carbonyl (C=O) groups is 2. The maximum Gasteiger partial charge on any atom is 0.256 e. The Balaban J connectivity index is 3.42. The van der Waals surface area contributed by atoms with Gasteiger partial charge in [0.2, 0.25) is 0 Å². The lowest BCUT2D eigenvalue weighted by Gasteiger charge is -2.06. The van der Waals surface area contributed by atoms with Crippen LogP contribution in [0.3, 0.4) is 0 Å². The van der Waals surface area contributed by atoms with Gasteiger partial charge in [-0.05, 0) is 23.7 Å². The summed E-state index contributed by atoms with van der Waals surface area (Å²) in [5, 5.41) is -0.871. The van der Waals surface area contributed by atoms with E-state index in [1.807, 2.05) is 0 Å². The molecular weight excluding hydrogens is 211 g/mol. The molecule has 5 heteroatoms. The molecule has 0 heterocycles. The first kappa shape index (κ1) is 10.7. The topological polar surface area (TPSA) is 43.4 Å². The van der Waals surface area contributed by atoms with Crippen LogP contribution in [0.15, 0.2) is 12.1 Å². The minimum absolute atomic E-state index is 0.0345. The molecule has 14 heavy (non-hydrogen) atoms. The third kappa shape index (κ3) is 1.90. The Labute approximate surface area is 84.4 Å². The van der Waals surface area contributed by atoms with Crippen molar-refractivity contribution in [2.75, 3.05) is 7.11 Å². The quantitative estimate of drug-likeness (QED) is 0.574. The zero-order valence-electron chi connectivity index (χ0n) is 7.21. The van der Waals surface area contributed by atoms with Crippen LogP contribution < -0.4 is 4.74 Å². The highest BCUT2D eigenvalue weighted by Crippen LogP contribution is 2.25. The lowest BCUT2D eigenvalue weighted by Crippen LogP contribution is -2.00. The fraction of sp³-hybridized carbons (Fsp3) is 0.111. The van der Waals surface area contributed by atoms with E-state index in [-0.39, 0.29) is 16.9 Å². The van der Waals surface area contributed by atoms with Gasteiger partial charge in [-0.1, -0.05) is 0 Å². The average Bonchev–Trinajstić information content (AvgIpc) is 2.16. The molecule has 1 aromatic carbocycles. The summed E-state index contributed by atoms with van der Waals surface area (Å²) in [7, 11) is 1.21. The van der Waals surface area contributed by atoms with E-state index in [1.165, 1.54) is 13.2 Å². The van der Waals surface area contributed by atoms with Crippen molar-refractivity contribution in [1.82, 2.24) is 0 Å². The van der Waals surface area contributed by atoms with Crippen LogP contribution in [-0.4, -0.2) is 18.6 Å². The highest BCUT2D eigenvalue weighted by molar-refractivity contribution is 6.68. The maximum atomic E-state index is 13.2. The standard InChI is InChI=1S/C9H6ClFO3/c1-14-8-6(9(10)13)2-5(4-12)3-7(8)11/h2-4H,1H3. The van der Waals surface area contributed by atoms with Gasteiger partial charge in [-0.3, -0.25) is 9.59 Å². The number of halogens is 2. The number of benzene rings is 1. The van der Waals surface area contributed by atoms with Gasteiger partial charge in [0.15, 0.2) is 11.6 Å². The Morgan fingerprint density at radius 3 is 2.64 bits per heavy atom. The summed E-state index contributed by atoms with van der Waals surface area (Å²) in [6, 6.07) is 2.14. The number of ether oxygens (including phenoxy) is 1. The fourth-order valence-electron chi connectivity index (χ4n) is 1.04. The maximum absolute atomic E-state index is 13.2. The van der Waals surface area contributed by atoms with Crippen LogP contribution >= 0.6 is 11.6 Å². The first-order valence-electron chi connectivity index (χ1n) is 3.62. The zero-order valence-corrected chi connectivity index (χ0v) is 7.97. The van der Waals surface area contributed by atoms with E-state index in [4.69, 9.17) is 11.6 Å². The van der Waals surface area contributed by atoms with Crippen molar-refractivity contribution in [3.8, 4) is 5.75 Å². The summed E-state index contributed by atoms with van der Waals surface area (Å²) in [6.45, 7) is 0. The molecule has 1 rings (SSSR count). The van der Waals surface area contributed by atoms with E-state index in [0.29, 0.717) is 6.29 Å².